The largest absolute Gasteiger partial charge is 0.390 e. The molecule has 0 aromatic rings. The SMILES string of the molecule is CC(CNC1CS(=O)(=O)CC1O)N(C)C1CC1. The van der Waals surface area contributed by atoms with Crippen LogP contribution < -0.4 is 5.32 Å². The predicted octanol–water partition coefficient (Wildman–Crippen LogP) is -0.783. The minimum absolute atomic E-state index is 0.0635. The topological polar surface area (TPSA) is 69.6 Å². The van der Waals surface area contributed by atoms with E-state index in [2.05, 4.69) is 24.2 Å². The Bertz CT molecular complexity index is 367. The Morgan fingerprint density at radius 1 is 1.41 bits per heavy atom. The number of sulfone groups is 1. The summed E-state index contributed by atoms with van der Waals surface area (Å²) in [5.41, 5.74) is 0. The van der Waals surface area contributed by atoms with Gasteiger partial charge in [-0.3, -0.25) is 4.90 Å². The zero-order valence-corrected chi connectivity index (χ0v) is 11.3. The zero-order chi connectivity index (χ0) is 12.6. The van der Waals surface area contributed by atoms with Gasteiger partial charge in [0, 0.05) is 24.7 Å². The highest BCUT2D eigenvalue weighted by Crippen LogP contribution is 2.26. The molecule has 2 aliphatic rings. The van der Waals surface area contributed by atoms with E-state index in [9.17, 15) is 13.5 Å². The summed E-state index contributed by atoms with van der Waals surface area (Å²) < 4.78 is 22.7. The van der Waals surface area contributed by atoms with Crippen molar-refractivity contribution in [1.29, 1.82) is 0 Å². The Kier molecular flexibility index (Phi) is 3.77. The van der Waals surface area contributed by atoms with Crippen molar-refractivity contribution in [3.8, 4) is 0 Å². The second kappa shape index (κ2) is 4.84. The molecule has 5 nitrogen and oxygen atoms in total. The van der Waals surface area contributed by atoms with Crippen LogP contribution in [0.15, 0.2) is 0 Å². The summed E-state index contributed by atoms with van der Waals surface area (Å²) >= 11 is 0. The standard InChI is InChI=1S/C11H22N2O3S/c1-8(13(2)9-3-4-9)5-12-10-6-17(15,16)7-11(10)14/h8-12,14H,3-7H2,1-2H3. The molecular weight excluding hydrogens is 240 g/mol. The first-order valence-corrected chi connectivity index (χ1v) is 8.05. The molecule has 6 heteroatoms. The number of rotatable bonds is 5. The summed E-state index contributed by atoms with van der Waals surface area (Å²) in [6, 6.07) is 0.775. The maximum Gasteiger partial charge on any atom is 0.154 e. The predicted molar refractivity (Wildman–Crippen MR) is 66.7 cm³/mol. The lowest BCUT2D eigenvalue weighted by Gasteiger charge is -2.26. The number of aliphatic hydroxyl groups is 1. The maximum atomic E-state index is 11.3. The monoisotopic (exact) mass is 262 g/mol. The van der Waals surface area contributed by atoms with Gasteiger partial charge in [0.25, 0.3) is 0 Å². The summed E-state index contributed by atoms with van der Waals surface area (Å²) in [6.45, 7) is 2.85. The number of hydrogen-bond acceptors (Lipinski definition) is 5. The van der Waals surface area contributed by atoms with Gasteiger partial charge in [-0.25, -0.2) is 8.42 Å². The van der Waals surface area contributed by atoms with Crippen LogP contribution in [0.25, 0.3) is 0 Å². The van der Waals surface area contributed by atoms with E-state index >= 15 is 0 Å². The van der Waals surface area contributed by atoms with Crippen LogP contribution >= 0.6 is 0 Å². The fourth-order valence-corrected chi connectivity index (χ4v) is 4.11. The molecule has 17 heavy (non-hydrogen) atoms. The minimum Gasteiger partial charge on any atom is -0.390 e. The Morgan fingerprint density at radius 2 is 2.06 bits per heavy atom. The first-order chi connectivity index (χ1) is 7.89. The van der Waals surface area contributed by atoms with Crippen molar-refractivity contribution in [3.63, 3.8) is 0 Å². The van der Waals surface area contributed by atoms with Crippen molar-refractivity contribution in [3.05, 3.63) is 0 Å². The van der Waals surface area contributed by atoms with E-state index in [-0.39, 0.29) is 17.5 Å². The van der Waals surface area contributed by atoms with Gasteiger partial charge >= 0.3 is 0 Å². The molecular formula is C11H22N2O3S. The third kappa shape index (κ3) is 3.40. The lowest BCUT2D eigenvalue weighted by molar-refractivity contribution is 0.156. The van der Waals surface area contributed by atoms with Crippen molar-refractivity contribution >= 4 is 9.84 Å². The van der Waals surface area contributed by atoms with Crippen LogP contribution in [0.4, 0.5) is 0 Å². The fraction of sp³-hybridized carbons (Fsp3) is 1.00. The van der Waals surface area contributed by atoms with Crippen LogP contribution in [0.3, 0.4) is 0 Å². The molecule has 0 spiro atoms. The van der Waals surface area contributed by atoms with Gasteiger partial charge < -0.3 is 10.4 Å². The summed E-state index contributed by atoms with van der Waals surface area (Å²) in [5.74, 6) is -0.0362. The van der Waals surface area contributed by atoms with Crippen LogP contribution in [-0.2, 0) is 9.84 Å². The van der Waals surface area contributed by atoms with E-state index in [0.717, 1.165) is 6.54 Å². The molecule has 0 radical (unpaired) electrons. The highest BCUT2D eigenvalue weighted by atomic mass is 32.2. The van der Waals surface area contributed by atoms with Gasteiger partial charge in [-0.1, -0.05) is 0 Å². The minimum atomic E-state index is -3.04. The summed E-state index contributed by atoms with van der Waals surface area (Å²) in [5, 5.41) is 12.8. The summed E-state index contributed by atoms with van der Waals surface area (Å²) in [6.07, 6.45) is 1.78. The molecule has 100 valence electrons. The average Bonchev–Trinajstić information content (AvgIpc) is 3.01. The first kappa shape index (κ1) is 13.3. The Hall–Kier alpha value is -0.170. The molecule has 2 fully saturated rings. The van der Waals surface area contributed by atoms with E-state index in [1.165, 1.54) is 12.8 Å². The van der Waals surface area contributed by atoms with Gasteiger partial charge in [0.1, 0.15) is 0 Å². The van der Waals surface area contributed by atoms with Crippen molar-refractivity contribution in [1.82, 2.24) is 10.2 Å². The van der Waals surface area contributed by atoms with Gasteiger partial charge in [-0.15, -0.1) is 0 Å². The first-order valence-electron chi connectivity index (χ1n) is 6.23. The second-order valence-electron chi connectivity index (χ2n) is 5.40. The van der Waals surface area contributed by atoms with Gasteiger partial charge in [0.05, 0.1) is 17.6 Å². The number of nitrogens with one attached hydrogen (secondary N) is 1. The molecule has 1 heterocycles. The number of hydrogen-bond donors (Lipinski definition) is 2. The fourth-order valence-electron chi connectivity index (χ4n) is 2.33. The third-order valence-corrected chi connectivity index (χ3v) is 5.53. The molecule has 1 aliphatic carbocycles. The van der Waals surface area contributed by atoms with E-state index in [1.807, 2.05) is 0 Å². The maximum absolute atomic E-state index is 11.3. The molecule has 0 aromatic carbocycles. The molecule has 1 saturated carbocycles. The lowest BCUT2D eigenvalue weighted by Crippen LogP contribution is -2.46. The highest BCUT2D eigenvalue weighted by molar-refractivity contribution is 7.91. The second-order valence-corrected chi connectivity index (χ2v) is 7.56. The summed E-state index contributed by atoms with van der Waals surface area (Å²) in [4.78, 5) is 2.32. The molecule has 1 saturated heterocycles. The highest BCUT2D eigenvalue weighted by Gasteiger charge is 2.36. The quantitative estimate of drug-likeness (QED) is 0.680. The summed E-state index contributed by atoms with van der Waals surface area (Å²) in [7, 11) is -0.940. The molecule has 3 unspecified atom stereocenters. The average molecular weight is 262 g/mol. The van der Waals surface area contributed by atoms with Crippen LogP contribution in [-0.4, -0.2) is 67.8 Å². The van der Waals surface area contributed by atoms with Crippen LogP contribution in [0, 0.1) is 0 Å². The normalized spacial score (nSPS) is 34.1. The molecule has 1 aliphatic heterocycles. The van der Waals surface area contributed by atoms with Crippen LogP contribution in [0.2, 0.25) is 0 Å². The Labute approximate surface area is 103 Å². The van der Waals surface area contributed by atoms with Gasteiger partial charge in [-0.05, 0) is 26.8 Å². The van der Waals surface area contributed by atoms with E-state index in [4.69, 9.17) is 0 Å². The van der Waals surface area contributed by atoms with Crippen LogP contribution in [0.1, 0.15) is 19.8 Å². The molecule has 2 N–H and O–H groups in total. The smallest absolute Gasteiger partial charge is 0.154 e. The van der Waals surface area contributed by atoms with E-state index in [1.54, 1.807) is 0 Å². The molecule has 3 atom stereocenters. The van der Waals surface area contributed by atoms with Crippen LogP contribution in [0.5, 0.6) is 0 Å². The van der Waals surface area contributed by atoms with E-state index < -0.39 is 15.9 Å². The molecule has 2 rings (SSSR count). The molecule has 0 aromatic heterocycles. The molecule has 0 amide bonds. The van der Waals surface area contributed by atoms with Crippen molar-refractivity contribution < 1.29 is 13.5 Å². The Balaban J connectivity index is 1.78. The number of nitrogens with zero attached hydrogens (tertiary/aromatic N) is 1. The van der Waals surface area contributed by atoms with Crippen molar-refractivity contribution in [2.75, 3.05) is 25.1 Å². The zero-order valence-electron chi connectivity index (χ0n) is 10.5. The number of aliphatic hydroxyl groups excluding tert-OH is 1. The van der Waals surface area contributed by atoms with Gasteiger partial charge in [0.15, 0.2) is 9.84 Å². The van der Waals surface area contributed by atoms with Crippen molar-refractivity contribution in [2.45, 2.75) is 44.0 Å². The van der Waals surface area contributed by atoms with Crippen molar-refractivity contribution in [2.24, 2.45) is 0 Å². The third-order valence-electron chi connectivity index (χ3n) is 3.82. The van der Waals surface area contributed by atoms with Gasteiger partial charge in [0.2, 0.25) is 0 Å². The van der Waals surface area contributed by atoms with Gasteiger partial charge in [-0.2, -0.15) is 0 Å². The number of likely N-dealkylation sites (N-methyl/N-ethyl adjacent to an activating group) is 1. The Morgan fingerprint density at radius 3 is 2.53 bits per heavy atom. The lowest BCUT2D eigenvalue weighted by atomic mass is 10.2. The molecule has 0 bridgehead atoms. The van der Waals surface area contributed by atoms with E-state index in [0.29, 0.717) is 12.1 Å².